The lowest BCUT2D eigenvalue weighted by atomic mass is 9.91. The van der Waals surface area contributed by atoms with Gasteiger partial charge in [0.1, 0.15) is 5.82 Å². The first kappa shape index (κ1) is 12.0. The van der Waals surface area contributed by atoms with Crippen molar-refractivity contribution in [2.45, 2.75) is 25.5 Å². The van der Waals surface area contributed by atoms with Gasteiger partial charge in [0.2, 0.25) is 0 Å². The molecule has 88 valence electrons. The topological polar surface area (TPSA) is 23.5 Å². The van der Waals surface area contributed by atoms with Gasteiger partial charge in [-0.25, -0.2) is 4.39 Å². The van der Waals surface area contributed by atoms with Gasteiger partial charge in [0.05, 0.1) is 10.1 Å². The van der Waals surface area contributed by atoms with Gasteiger partial charge in [0.25, 0.3) is 0 Å². The Bertz CT molecular complexity index is 391. The van der Waals surface area contributed by atoms with Crippen LogP contribution in [0.15, 0.2) is 22.7 Å². The van der Waals surface area contributed by atoms with Crippen LogP contribution in [0.5, 0.6) is 0 Å². The second-order valence-electron chi connectivity index (χ2n) is 4.47. The van der Waals surface area contributed by atoms with Crippen LogP contribution in [0.4, 0.5) is 4.39 Å². The zero-order valence-electron chi connectivity index (χ0n) is 9.21. The second kappa shape index (κ2) is 4.43. The van der Waals surface area contributed by atoms with Crippen molar-refractivity contribution in [2.24, 2.45) is 0 Å². The monoisotopic (exact) mass is 287 g/mol. The van der Waals surface area contributed by atoms with E-state index in [2.05, 4.69) is 20.8 Å². The summed E-state index contributed by atoms with van der Waals surface area (Å²) in [7, 11) is 0. The average Bonchev–Trinajstić information content (AvgIpc) is 2.21. The highest BCUT2D eigenvalue weighted by Gasteiger charge is 2.38. The lowest BCUT2D eigenvalue weighted by Crippen LogP contribution is -2.60. The molecule has 0 amide bonds. The van der Waals surface area contributed by atoms with E-state index >= 15 is 0 Å². The van der Waals surface area contributed by atoms with Gasteiger partial charge in [-0.1, -0.05) is 13.0 Å². The van der Waals surface area contributed by atoms with Crippen LogP contribution >= 0.6 is 15.9 Å². The van der Waals surface area contributed by atoms with Crippen LogP contribution in [0.25, 0.3) is 0 Å². The SMILES string of the molecule is CCC1(O)CN(Cc2ccc(F)c(Br)c2)C1. The fraction of sp³-hybridized carbons (Fsp3) is 0.500. The van der Waals surface area contributed by atoms with Crippen molar-refractivity contribution < 1.29 is 9.50 Å². The summed E-state index contributed by atoms with van der Waals surface area (Å²) in [6.07, 6.45) is 0.788. The van der Waals surface area contributed by atoms with Crippen LogP contribution in [0, 0.1) is 5.82 Å². The van der Waals surface area contributed by atoms with Gasteiger partial charge in [0.15, 0.2) is 0 Å². The van der Waals surface area contributed by atoms with Crippen molar-refractivity contribution in [3.63, 3.8) is 0 Å². The third-order valence-corrected chi connectivity index (χ3v) is 3.69. The summed E-state index contributed by atoms with van der Waals surface area (Å²) in [6, 6.07) is 5.04. The standard InChI is InChI=1S/C12H15BrFNO/c1-2-12(16)7-15(8-12)6-9-3-4-11(14)10(13)5-9/h3-5,16H,2,6-8H2,1H3. The maximum atomic E-state index is 13.0. The lowest BCUT2D eigenvalue weighted by Gasteiger charge is -2.46. The Morgan fingerprint density at radius 3 is 2.75 bits per heavy atom. The Labute approximate surface area is 103 Å². The maximum Gasteiger partial charge on any atom is 0.137 e. The van der Waals surface area contributed by atoms with Crippen molar-refractivity contribution >= 4 is 15.9 Å². The molecule has 0 spiro atoms. The molecule has 1 fully saturated rings. The van der Waals surface area contributed by atoms with Crippen LogP contribution in [-0.2, 0) is 6.54 Å². The van der Waals surface area contributed by atoms with Gasteiger partial charge in [-0.15, -0.1) is 0 Å². The molecule has 1 saturated heterocycles. The van der Waals surface area contributed by atoms with Crippen LogP contribution in [-0.4, -0.2) is 28.7 Å². The largest absolute Gasteiger partial charge is 0.387 e. The summed E-state index contributed by atoms with van der Waals surface area (Å²) in [5.41, 5.74) is 0.559. The number of benzene rings is 1. The van der Waals surface area contributed by atoms with E-state index in [1.165, 1.54) is 6.07 Å². The highest BCUT2D eigenvalue weighted by atomic mass is 79.9. The minimum atomic E-state index is -0.503. The summed E-state index contributed by atoms with van der Waals surface area (Å²) >= 11 is 3.17. The molecule has 1 heterocycles. The van der Waals surface area contributed by atoms with Crippen LogP contribution in [0.3, 0.4) is 0 Å². The minimum absolute atomic E-state index is 0.238. The number of aliphatic hydroxyl groups is 1. The van der Waals surface area contributed by atoms with Gasteiger partial charge < -0.3 is 5.11 Å². The molecule has 2 rings (SSSR count). The van der Waals surface area contributed by atoms with E-state index in [0.717, 1.165) is 18.5 Å². The smallest absolute Gasteiger partial charge is 0.137 e. The molecule has 0 aromatic heterocycles. The summed E-state index contributed by atoms with van der Waals surface area (Å²) in [6.45, 7) is 4.17. The molecular weight excluding hydrogens is 273 g/mol. The van der Waals surface area contributed by atoms with Crippen LogP contribution in [0.2, 0.25) is 0 Å². The van der Waals surface area contributed by atoms with Crippen molar-refractivity contribution in [3.8, 4) is 0 Å². The Morgan fingerprint density at radius 1 is 1.50 bits per heavy atom. The third kappa shape index (κ3) is 2.44. The number of hydrogen-bond donors (Lipinski definition) is 1. The first-order chi connectivity index (χ1) is 7.52. The Kier molecular flexibility index (Phi) is 3.33. The number of rotatable bonds is 3. The number of β-amino-alcohol motifs (C(OH)–C–C–N with tert-alkyl or cyclic N) is 1. The van der Waals surface area contributed by atoms with Crippen LogP contribution in [0.1, 0.15) is 18.9 Å². The number of likely N-dealkylation sites (tertiary alicyclic amines) is 1. The fourth-order valence-corrected chi connectivity index (χ4v) is 2.44. The van der Waals surface area contributed by atoms with E-state index in [1.807, 2.05) is 6.92 Å². The summed E-state index contributed by atoms with van der Waals surface area (Å²) in [5.74, 6) is -0.238. The van der Waals surface area contributed by atoms with Crippen molar-refractivity contribution in [2.75, 3.05) is 13.1 Å². The maximum absolute atomic E-state index is 13.0. The fourth-order valence-electron chi connectivity index (χ4n) is 2.02. The predicted octanol–water partition coefficient (Wildman–Crippen LogP) is 2.54. The third-order valence-electron chi connectivity index (χ3n) is 3.08. The second-order valence-corrected chi connectivity index (χ2v) is 5.33. The molecule has 4 heteroatoms. The molecule has 0 aliphatic carbocycles. The molecule has 2 nitrogen and oxygen atoms in total. The molecule has 1 N–H and O–H groups in total. The van der Waals surface area contributed by atoms with Gasteiger partial charge in [-0.05, 0) is 40.0 Å². The molecule has 1 aliphatic rings. The molecule has 0 bridgehead atoms. The predicted molar refractivity (Wildman–Crippen MR) is 64.6 cm³/mol. The summed E-state index contributed by atoms with van der Waals surface area (Å²) < 4.78 is 13.5. The highest BCUT2D eigenvalue weighted by Crippen LogP contribution is 2.26. The van der Waals surface area contributed by atoms with E-state index in [4.69, 9.17) is 0 Å². The number of hydrogen-bond acceptors (Lipinski definition) is 2. The van der Waals surface area contributed by atoms with E-state index < -0.39 is 5.60 Å². The van der Waals surface area contributed by atoms with E-state index in [1.54, 1.807) is 12.1 Å². The Morgan fingerprint density at radius 2 is 2.19 bits per heavy atom. The molecule has 16 heavy (non-hydrogen) atoms. The molecule has 0 radical (unpaired) electrons. The zero-order valence-corrected chi connectivity index (χ0v) is 10.8. The molecule has 0 saturated carbocycles. The number of halogens is 2. The first-order valence-electron chi connectivity index (χ1n) is 5.41. The number of nitrogens with zero attached hydrogens (tertiary/aromatic N) is 1. The quantitative estimate of drug-likeness (QED) is 0.924. The van der Waals surface area contributed by atoms with Crippen molar-refractivity contribution in [1.82, 2.24) is 4.90 Å². The van der Waals surface area contributed by atoms with Gasteiger partial charge >= 0.3 is 0 Å². The Hall–Kier alpha value is -0.450. The van der Waals surface area contributed by atoms with Gasteiger partial charge in [-0.2, -0.15) is 0 Å². The molecule has 1 aromatic rings. The molecule has 0 unspecified atom stereocenters. The molecule has 1 aromatic carbocycles. The highest BCUT2D eigenvalue weighted by molar-refractivity contribution is 9.10. The normalized spacial score (nSPS) is 19.5. The first-order valence-corrected chi connectivity index (χ1v) is 6.20. The average molecular weight is 288 g/mol. The van der Waals surface area contributed by atoms with E-state index in [0.29, 0.717) is 17.6 Å². The van der Waals surface area contributed by atoms with Crippen molar-refractivity contribution in [1.29, 1.82) is 0 Å². The van der Waals surface area contributed by atoms with Gasteiger partial charge in [0, 0.05) is 19.6 Å². The van der Waals surface area contributed by atoms with Crippen LogP contribution < -0.4 is 0 Å². The Balaban J connectivity index is 1.94. The summed E-state index contributed by atoms with van der Waals surface area (Å²) in [4.78, 5) is 2.16. The molecule has 0 atom stereocenters. The lowest BCUT2D eigenvalue weighted by molar-refractivity contribution is -0.103. The molecule has 1 aliphatic heterocycles. The molecular formula is C12H15BrFNO. The van der Waals surface area contributed by atoms with Gasteiger partial charge in [-0.3, -0.25) is 4.90 Å². The minimum Gasteiger partial charge on any atom is -0.387 e. The summed E-state index contributed by atoms with van der Waals surface area (Å²) in [5, 5.41) is 9.85. The van der Waals surface area contributed by atoms with Crippen molar-refractivity contribution in [3.05, 3.63) is 34.1 Å². The van der Waals surface area contributed by atoms with E-state index in [-0.39, 0.29) is 5.82 Å². The zero-order chi connectivity index (χ0) is 11.8. The van der Waals surface area contributed by atoms with E-state index in [9.17, 15) is 9.50 Å².